The van der Waals surface area contributed by atoms with Crippen molar-refractivity contribution in [3.05, 3.63) is 0 Å². The first-order valence-electron chi connectivity index (χ1n) is 5.97. The summed E-state index contributed by atoms with van der Waals surface area (Å²) in [6.07, 6.45) is 13.9. The van der Waals surface area contributed by atoms with Crippen molar-refractivity contribution in [1.29, 1.82) is 0 Å². The molecule has 84 valence electrons. The normalized spacial score (nSPS) is 9.86. The zero-order valence-electron chi connectivity index (χ0n) is 9.16. The van der Waals surface area contributed by atoms with Gasteiger partial charge >= 0.3 is 23.1 Å². The van der Waals surface area contributed by atoms with E-state index in [1.54, 1.807) is 0 Å². The number of hydrogen-bond donors (Lipinski definition) is 0. The number of alkyl halides is 1. The van der Waals surface area contributed by atoms with Gasteiger partial charge in [-0.25, -0.2) is 0 Å². The van der Waals surface area contributed by atoms with E-state index in [1.807, 2.05) is 0 Å². The van der Waals surface area contributed by atoms with E-state index >= 15 is 0 Å². The summed E-state index contributed by atoms with van der Waals surface area (Å²) in [6, 6.07) is 0. The fourth-order valence-corrected chi connectivity index (χ4v) is 1.77. The summed E-state index contributed by atoms with van der Waals surface area (Å²) in [4.78, 5) is 0. The van der Waals surface area contributed by atoms with Crippen molar-refractivity contribution in [2.24, 2.45) is 0 Å². The van der Waals surface area contributed by atoms with E-state index in [4.69, 9.17) is 11.6 Å². The molecule has 0 spiro atoms. The van der Waals surface area contributed by atoms with Crippen molar-refractivity contribution in [3.63, 3.8) is 0 Å². The summed E-state index contributed by atoms with van der Waals surface area (Å²) in [5, 5.41) is 0. The van der Waals surface area contributed by atoms with Crippen LogP contribution in [0.3, 0.4) is 0 Å². The number of rotatable bonds is 10. The first-order chi connectivity index (χ1) is 6.41. The summed E-state index contributed by atoms with van der Waals surface area (Å²) in [5.41, 5.74) is 0. The molecule has 0 aromatic carbocycles. The third-order valence-electron chi connectivity index (χ3n) is 2.49. The Morgan fingerprint density at radius 2 is 1.00 bits per heavy atom. The van der Waals surface area contributed by atoms with Crippen LogP contribution in [0.5, 0.6) is 0 Å². The van der Waals surface area contributed by atoms with Crippen molar-refractivity contribution in [2.75, 3.05) is 5.88 Å². The van der Waals surface area contributed by atoms with Gasteiger partial charge in [0.2, 0.25) is 0 Å². The SMILES string of the molecule is CCCCCCCCCCCCCl.[MgH2]. The first-order valence-corrected chi connectivity index (χ1v) is 6.51. The van der Waals surface area contributed by atoms with Gasteiger partial charge in [0.15, 0.2) is 0 Å². The van der Waals surface area contributed by atoms with Gasteiger partial charge < -0.3 is 0 Å². The molecule has 0 unspecified atom stereocenters. The van der Waals surface area contributed by atoms with Crippen molar-refractivity contribution in [3.8, 4) is 0 Å². The minimum atomic E-state index is 0. The minimum Gasteiger partial charge on any atom is -0.127 e. The van der Waals surface area contributed by atoms with Crippen LogP contribution in [0.15, 0.2) is 0 Å². The third kappa shape index (κ3) is 15.5. The van der Waals surface area contributed by atoms with Gasteiger partial charge in [0.25, 0.3) is 0 Å². The smallest absolute Gasteiger partial charge is 0.127 e. The van der Waals surface area contributed by atoms with E-state index in [-0.39, 0.29) is 23.1 Å². The second-order valence-electron chi connectivity index (χ2n) is 3.87. The van der Waals surface area contributed by atoms with Gasteiger partial charge in [-0.3, -0.25) is 0 Å². The Kier molecular flexibility index (Phi) is 20.5. The Morgan fingerprint density at radius 1 is 0.643 bits per heavy atom. The number of unbranched alkanes of at least 4 members (excludes halogenated alkanes) is 9. The predicted octanol–water partition coefficient (Wildman–Crippen LogP) is 4.23. The van der Waals surface area contributed by atoms with Crippen LogP contribution in [0.2, 0.25) is 0 Å². The van der Waals surface area contributed by atoms with Gasteiger partial charge in [-0.15, -0.1) is 11.6 Å². The highest BCUT2D eigenvalue weighted by Crippen LogP contribution is 2.10. The Balaban J connectivity index is 0. The van der Waals surface area contributed by atoms with Crippen LogP contribution in [0.4, 0.5) is 0 Å². The Hall–Kier alpha value is 1.06. The molecule has 0 nitrogen and oxygen atoms in total. The summed E-state index contributed by atoms with van der Waals surface area (Å²) in [5.74, 6) is 0.844. The molecule has 0 aliphatic rings. The van der Waals surface area contributed by atoms with Crippen molar-refractivity contribution in [1.82, 2.24) is 0 Å². The highest BCUT2D eigenvalue weighted by atomic mass is 35.5. The molecule has 0 radical (unpaired) electrons. The zero-order valence-corrected chi connectivity index (χ0v) is 9.91. The maximum absolute atomic E-state index is 5.60. The summed E-state index contributed by atoms with van der Waals surface area (Å²) < 4.78 is 0. The van der Waals surface area contributed by atoms with E-state index in [0.717, 1.165) is 5.88 Å². The summed E-state index contributed by atoms with van der Waals surface area (Å²) >= 11 is 5.60. The largest absolute Gasteiger partial charge is 0.316 e. The second kappa shape index (κ2) is 16.5. The molecular weight excluding hydrogens is 204 g/mol. The van der Waals surface area contributed by atoms with Gasteiger partial charge in [0.05, 0.1) is 0 Å². The van der Waals surface area contributed by atoms with Crippen molar-refractivity contribution in [2.45, 2.75) is 71.1 Å². The first kappa shape index (κ1) is 17.5. The van der Waals surface area contributed by atoms with E-state index in [1.165, 1.54) is 64.2 Å². The number of halogens is 1. The quantitative estimate of drug-likeness (QED) is 0.300. The standard InChI is InChI=1S/C12H25Cl.Mg.2H/c1-2-3-4-5-6-7-8-9-10-11-12-13;;;/h2-12H2,1H3;;;. The van der Waals surface area contributed by atoms with E-state index in [2.05, 4.69) is 6.92 Å². The summed E-state index contributed by atoms with van der Waals surface area (Å²) in [6.45, 7) is 2.27. The second-order valence-corrected chi connectivity index (χ2v) is 4.25. The van der Waals surface area contributed by atoms with E-state index in [0.29, 0.717) is 0 Å². The average molecular weight is 231 g/mol. The molecule has 0 saturated heterocycles. The van der Waals surface area contributed by atoms with Crippen LogP contribution in [0.1, 0.15) is 71.1 Å². The molecule has 2 heteroatoms. The lowest BCUT2D eigenvalue weighted by atomic mass is 10.1. The Morgan fingerprint density at radius 3 is 1.36 bits per heavy atom. The van der Waals surface area contributed by atoms with Crippen molar-refractivity contribution < 1.29 is 0 Å². The van der Waals surface area contributed by atoms with Gasteiger partial charge in [-0.05, 0) is 6.42 Å². The van der Waals surface area contributed by atoms with Crippen LogP contribution in [-0.2, 0) is 0 Å². The Labute approximate surface area is 111 Å². The van der Waals surface area contributed by atoms with Crippen LogP contribution >= 0.6 is 11.6 Å². The lowest BCUT2D eigenvalue weighted by Gasteiger charge is -2.00. The summed E-state index contributed by atoms with van der Waals surface area (Å²) in [7, 11) is 0. The molecule has 14 heavy (non-hydrogen) atoms. The molecule has 0 atom stereocenters. The number of hydrogen-bond acceptors (Lipinski definition) is 0. The maximum atomic E-state index is 5.60. The van der Waals surface area contributed by atoms with Crippen LogP contribution < -0.4 is 0 Å². The monoisotopic (exact) mass is 230 g/mol. The molecule has 0 aromatic rings. The molecule has 0 fully saturated rings. The lowest BCUT2D eigenvalue weighted by molar-refractivity contribution is 0.563. The highest BCUT2D eigenvalue weighted by molar-refractivity contribution is 6.17. The fraction of sp³-hybridized carbons (Fsp3) is 1.00. The molecular formula is C12H27ClMg. The topological polar surface area (TPSA) is 0 Å². The van der Waals surface area contributed by atoms with Gasteiger partial charge in [0, 0.05) is 5.88 Å². The van der Waals surface area contributed by atoms with E-state index in [9.17, 15) is 0 Å². The van der Waals surface area contributed by atoms with Crippen molar-refractivity contribution >= 4 is 34.7 Å². The molecule has 0 aromatic heterocycles. The molecule has 0 N–H and O–H groups in total. The third-order valence-corrected chi connectivity index (χ3v) is 2.75. The molecule has 0 amide bonds. The molecule has 0 heterocycles. The lowest BCUT2D eigenvalue weighted by Crippen LogP contribution is -1.81. The average Bonchev–Trinajstić information content (AvgIpc) is 2.16. The van der Waals surface area contributed by atoms with Gasteiger partial charge in [-0.1, -0.05) is 64.7 Å². The van der Waals surface area contributed by atoms with E-state index < -0.39 is 0 Å². The Bertz CT molecular complexity index is 76.4. The fourth-order valence-electron chi connectivity index (χ4n) is 1.58. The minimum absolute atomic E-state index is 0. The maximum Gasteiger partial charge on any atom is 0.316 e. The molecule has 0 bridgehead atoms. The molecule has 0 aliphatic heterocycles. The highest BCUT2D eigenvalue weighted by Gasteiger charge is 1.91. The molecule has 0 saturated carbocycles. The predicted molar refractivity (Wildman–Crippen MR) is 71.1 cm³/mol. The van der Waals surface area contributed by atoms with Gasteiger partial charge in [0.1, 0.15) is 0 Å². The van der Waals surface area contributed by atoms with Crippen LogP contribution in [-0.4, -0.2) is 28.9 Å². The molecule has 0 aliphatic carbocycles. The van der Waals surface area contributed by atoms with Crippen LogP contribution in [0.25, 0.3) is 0 Å². The molecule has 0 rings (SSSR count). The van der Waals surface area contributed by atoms with Crippen LogP contribution in [0, 0.1) is 0 Å². The van der Waals surface area contributed by atoms with Gasteiger partial charge in [-0.2, -0.15) is 0 Å². The zero-order chi connectivity index (χ0) is 9.78.